The fraction of sp³-hybridized carbons (Fsp3) is 0.105. The first kappa shape index (κ1) is 18.4. The number of thiophene rings is 1. The molecule has 0 saturated carbocycles. The van der Waals surface area contributed by atoms with Gasteiger partial charge in [0.25, 0.3) is 5.69 Å². The second-order valence-electron chi connectivity index (χ2n) is 5.67. The number of methoxy groups -OCH3 is 1. The molecule has 0 radical (unpaired) electrons. The number of aromatic nitrogens is 1. The Hall–Kier alpha value is -3.39. The lowest BCUT2D eigenvalue weighted by Crippen LogP contribution is -1.99. The zero-order valence-corrected chi connectivity index (χ0v) is 15.3. The number of fused-ring (bicyclic) bond motifs is 1. The van der Waals surface area contributed by atoms with E-state index in [9.17, 15) is 19.7 Å². The van der Waals surface area contributed by atoms with E-state index in [1.807, 2.05) is 0 Å². The lowest BCUT2D eigenvalue weighted by molar-refractivity contribution is -0.384. The van der Waals surface area contributed by atoms with Gasteiger partial charge in [-0.3, -0.25) is 14.9 Å². The van der Waals surface area contributed by atoms with E-state index < -0.39 is 10.9 Å². The van der Waals surface area contributed by atoms with Crippen LogP contribution >= 0.6 is 11.3 Å². The van der Waals surface area contributed by atoms with Crippen LogP contribution in [0.4, 0.5) is 5.69 Å². The third-order valence-electron chi connectivity index (χ3n) is 3.96. The van der Waals surface area contributed by atoms with Gasteiger partial charge in [0.05, 0.1) is 12.0 Å². The number of ether oxygens (including phenoxy) is 1. The fourth-order valence-electron chi connectivity index (χ4n) is 2.53. The summed E-state index contributed by atoms with van der Waals surface area (Å²) in [5, 5.41) is 11.5. The van der Waals surface area contributed by atoms with Crippen molar-refractivity contribution in [1.82, 2.24) is 4.98 Å². The van der Waals surface area contributed by atoms with Crippen LogP contribution in [-0.2, 0) is 4.74 Å². The summed E-state index contributed by atoms with van der Waals surface area (Å²) in [7, 11) is 1.31. The second-order valence-corrected chi connectivity index (χ2v) is 6.67. The van der Waals surface area contributed by atoms with Crippen LogP contribution in [0.3, 0.4) is 0 Å². The Morgan fingerprint density at radius 1 is 1.30 bits per heavy atom. The first-order chi connectivity index (χ1) is 12.9. The van der Waals surface area contributed by atoms with Gasteiger partial charge in [0.1, 0.15) is 9.71 Å². The van der Waals surface area contributed by atoms with Gasteiger partial charge >= 0.3 is 5.97 Å². The highest BCUT2D eigenvalue weighted by Gasteiger charge is 2.17. The maximum atomic E-state index is 12.4. The summed E-state index contributed by atoms with van der Waals surface area (Å²) in [5.41, 5.74) is 1.58. The number of benzene rings is 1. The molecular weight excluding hydrogens is 368 g/mol. The molecule has 7 nitrogen and oxygen atoms in total. The lowest BCUT2D eigenvalue weighted by atomic mass is 10.1. The Morgan fingerprint density at radius 2 is 2.07 bits per heavy atom. The van der Waals surface area contributed by atoms with Gasteiger partial charge < -0.3 is 4.74 Å². The molecule has 0 spiro atoms. The van der Waals surface area contributed by atoms with Gasteiger partial charge in [-0.1, -0.05) is 18.2 Å². The van der Waals surface area contributed by atoms with Crippen molar-refractivity contribution in [2.24, 2.45) is 0 Å². The van der Waals surface area contributed by atoms with Crippen molar-refractivity contribution in [2.45, 2.75) is 6.92 Å². The van der Waals surface area contributed by atoms with Crippen molar-refractivity contribution < 1.29 is 19.2 Å². The number of hydrogen-bond donors (Lipinski definition) is 0. The molecule has 0 saturated heterocycles. The smallest absolute Gasteiger partial charge is 0.348 e. The molecule has 0 unspecified atom stereocenters. The minimum absolute atomic E-state index is 0.0445. The number of pyridine rings is 1. The summed E-state index contributed by atoms with van der Waals surface area (Å²) in [6.07, 6.45) is 4.30. The summed E-state index contributed by atoms with van der Waals surface area (Å²) < 4.78 is 4.76. The summed E-state index contributed by atoms with van der Waals surface area (Å²) in [5.74, 6) is -0.727. The van der Waals surface area contributed by atoms with Crippen molar-refractivity contribution in [3.05, 3.63) is 74.3 Å². The lowest BCUT2D eigenvalue weighted by Gasteiger charge is -1.98. The molecule has 0 amide bonds. The quantitative estimate of drug-likeness (QED) is 0.216. The maximum Gasteiger partial charge on any atom is 0.348 e. The topological polar surface area (TPSA) is 99.4 Å². The van der Waals surface area contributed by atoms with Crippen molar-refractivity contribution in [3.63, 3.8) is 0 Å². The molecule has 136 valence electrons. The van der Waals surface area contributed by atoms with Crippen LogP contribution < -0.4 is 0 Å². The molecule has 3 rings (SSSR count). The molecule has 2 aromatic heterocycles. The van der Waals surface area contributed by atoms with Gasteiger partial charge in [0.2, 0.25) is 0 Å². The molecule has 0 atom stereocenters. The third kappa shape index (κ3) is 3.75. The predicted molar refractivity (Wildman–Crippen MR) is 102 cm³/mol. The minimum Gasteiger partial charge on any atom is -0.465 e. The number of aryl methyl sites for hydroxylation is 1. The number of allylic oxidation sites excluding steroid dienone is 1. The average Bonchev–Trinajstić information content (AvgIpc) is 3.01. The Kier molecular flexibility index (Phi) is 5.09. The highest BCUT2D eigenvalue weighted by Crippen LogP contribution is 2.30. The van der Waals surface area contributed by atoms with E-state index in [4.69, 9.17) is 4.74 Å². The number of nitro groups is 1. The normalized spacial score (nSPS) is 11.0. The van der Waals surface area contributed by atoms with E-state index >= 15 is 0 Å². The molecule has 0 fully saturated rings. The first-order valence-electron chi connectivity index (χ1n) is 7.85. The van der Waals surface area contributed by atoms with Crippen molar-refractivity contribution in [3.8, 4) is 0 Å². The van der Waals surface area contributed by atoms with Crippen LogP contribution in [0.1, 0.15) is 31.2 Å². The molecule has 0 bridgehead atoms. The molecule has 3 aromatic rings. The Labute approximate surface area is 158 Å². The summed E-state index contributed by atoms with van der Waals surface area (Å²) in [4.78, 5) is 39.9. The number of carbonyl (C=O) groups excluding carboxylic acids is 2. The Balaban J connectivity index is 1.89. The number of esters is 1. The van der Waals surface area contributed by atoms with Crippen molar-refractivity contribution >= 4 is 45.1 Å². The van der Waals surface area contributed by atoms with Crippen LogP contribution in [0.2, 0.25) is 0 Å². The van der Waals surface area contributed by atoms with E-state index in [2.05, 4.69) is 4.98 Å². The van der Waals surface area contributed by atoms with Gasteiger partial charge in [-0.25, -0.2) is 9.78 Å². The van der Waals surface area contributed by atoms with Crippen molar-refractivity contribution in [2.75, 3.05) is 7.11 Å². The zero-order valence-electron chi connectivity index (χ0n) is 14.5. The molecule has 8 heteroatoms. The zero-order chi connectivity index (χ0) is 19.6. The molecule has 27 heavy (non-hydrogen) atoms. The standard InChI is InChI=1S/C19H14N2O5S/c1-11-15-9-13(10-20-18(15)27-17(11)19(23)26-2)16(22)7-6-12-4-3-5-14(8-12)21(24)25/h3-10H,1-2H3/b7-6+. The molecule has 1 aromatic carbocycles. The second kappa shape index (κ2) is 7.46. The monoisotopic (exact) mass is 382 g/mol. The van der Waals surface area contributed by atoms with Crippen molar-refractivity contribution in [1.29, 1.82) is 0 Å². The number of nitro benzene ring substituents is 1. The molecule has 0 N–H and O–H groups in total. The summed E-state index contributed by atoms with van der Waals surface area (Å²) >= 11 is 1.21. The fourth-order valence-corrected chi connectivity index (χ4v) is 3.58. The van der Waals surface area contributed by atoms with E-state index in [0.717, 1.165) is 5.39 Å². The predicted octanol–water partition coefficient (Wildman–Crippen LogP) is 4.20. The van der Waals surface area contributed by atoms with Crippen LogP contribution in [-0.4, -0.2) is 28.8 Å². The van der Waals surface area contributed by atoms with E-state index in [-0.39, 0.29) is 11.5 Å². The highest BCUT2D eigenvalue weighted by molar-refractivity contribution is 7.20. The van der Waals surface area contributed by atoms with Gasteiger partial charge in [0, 0.05) is 29.3 Å². The molecule has 0 aliphatic rings. The molecular formula is C19H14N2O5S. The molecule has 0 aliphatic heterocycles. The maximum absolute atomic E-state index is 12.4. The van der Waals surface area contributed by atoms with Crippen LogP contribution in [0, 0.1) is 17.0 Å². The number of hydrogen-bond acceptors (Lipinski definition) is 7. The first-order valence-corrected chi connectivity index (χ1v) is 8.66. The number of rotatable bonds is 5. The highest BCUT2D eigenvalue weighted by atomic mass is 32.1. The largest absolute Gasteiger partial charge is 0.465 e. The Morgan fingerprint density at radius 3 is 2.78 bits per heavy atom. The van der Waals surface area contributed by atoms with E-state index in [0.29, 0.717) is 26.4 Å². The van der Waals surface area contributed by atoms with Crippen LogP contribution in [0.15, 0.2) is 42.6 Å². The van der Waals surface area contributed by atoms with Gasteiger partial charge in [-0.2, -0.15) is 0 Å². The van der Waals surface area contributed by atoms with Gasteiger partial charge in [-0.05, 0) is 30.2 Å². The molecule has 0 aliphatic carbocycles. The van der Waals surface area contributed by atoms with Gasteiger partial charge in [-0.15, -0.1) is 11.3 Å². The number of ketones is 1. The number of nitrogens with zero attached hydrogens (tertiary/aromatic N) is 2. The average molecular weight is 382 g/mol. The number of non-ortho nitro benzene ring substituents is 1. The van der Waals surface area contributed by atoms with Crippen LogP contribution in [0.5, 0.6) is 0 Å². The summed E-state index contributed by atoms with van der Waals surface area (Å²) in [6, 6.07) is 7.68. The Bertz CT molecular complexity index is 1100. The third-order valence-corrected chi connectivity index (χ3v) is 5.15. The summed E-state index contributed by atoms with van der Waals surface area (Å²) in [6.45, 7) is 1.78. The number of carbonyl (C=O) groups is 2. The van der Waals surface area contributed by atoms with Crippen LogP contribution in [0.25, 0.3) is 16.3 Å². The SMILES string of the molecule is COC(=O)c1sc2ncc(C(=O)/C=C/c3cccc([N+](=O)[O-])c3)cc2c1C. The minimum atomic E-state index is -0.491. The van der Waals surface area contributed by atoms with Gasteiger partial charge in [0.15, 0.2) is 5.78 Å². The molecule has 2 heterocycles. The van der Waals surface area contributed by atoms with E-state index in [1.165, 1.54) is 48.9 Å². The van der Waals surface area contributed by atoms with E-state index in [1.54, 1.807) is 25.1 Å².